The standard InChI is InChI=1S/C12H13F3N2O/c13-12(14,15)9-4-3-5-10(8-9)16-17-7-2-1-6-11(17)18/h3-5,8,16H,1-2,6-7H2. The lowest BCUT2D eigenvalue weighted by molar-refractivity contribution is -0.137. The van der Waals surface area contributed by atoms with Crippen LogP contribution in [0.5, 0.6) is 0 Å². The predicted molar refractivity (Wildman–Crippen MR) is 60.6 cm³/mol. The van der Waals surface area contributed by atoms with Crippen LogP contribution in [0.3, 0.4) is 0 Å². The molecule has 98 valence electrons. The second-order valence-electron chi connectivity index (χ2n) is 4.19. The van der Waals surface area contributed by atoms with Crippen LogP contribution in [-0.4, -0.2) is 17.5 Å². The molecule has 0 saturated carbocycles. The largest absolute Gasteiger partial charge is 0.416 e. The van der Waals surface area contributed by atoms with Gasteiger partial charge >= 0.3 is 6.18 Å². The Morgan fingerprint density at radius 1 is 1.22 bits per heavy atom. The van der Waals surface area contributed by atoms with Gasteiger partial charge in [-0.3, -0.25) is 15.2 Å². The van der Waals surface area contributed by atoms with Crippen LogP contribution in [0.15, 0.2) is 24.3 Å². The number of hydrazine groups is 1. The average molecular weight is 258 g/mol. The number of hydrogen-bond acceptors (Lipinski definition) is 2. The zero-order chi connectivity index (χ0) is 13.2. The predicted octanol–water partition coefficient (Wildman–Crippen LogP) is 3.04. The molecule has 0 atom stereocenters. The average Bonchev–Trinajstić information content (AvgIpc) is 2.31. The van der Waals surface area contributed by atoms with E-state index in [4.69, 9.17) is 0 Å². The molecule has 0 spiro atoms. The van der Waals surface area contributed by atoms with Gasteiger partial charge in [-0.05, 0) is 31.0 Å². The topological polar surface area (TPSA) is 32.3 Å². The van der Waals surface area contributed by atoms with E-state index in [1.165, 1.54) is 17.1 Å². The van der Waals surface area contributed by atoms with Gasteiger partial charge in [-0.2, -0.15) is 13.2 Å². The summed E-state index contributed by atoms with van der Waals surface area (Å²) in [7, 11) is 0. The molecule has 0 aromatic heterocycles. The zero-order valence-electron chi connectivity index (χ0n) is 9.63. The molecule has 1 amide bonds. The third kappa shape index (κ3) is 2.94. The van der Waals surface area contributed by atoms with E-state index in [9.17, 15) is 18.0 Å². The van der Waals surface area contributed by atoms with E-state index in [0.717, 1.165) is 25.0 Å². The van der Waals surface area contributed by atoms with E-state index in [2.05, 4.69) is 5.43 Å². The SMILES string of the molecule is O=C1CCCCN1Nc1cccc(C(F)(F)F)c1. The summed E-state index contributed by atoms with van der Waals surface area (Å²) in [5, 5.41) is 1.37. The number of alkyl halides is 3. The number of rotatable bonds is 2. The third-order valence-electron chi connectivity index (χ3n) is 2.78. The number of benzene rings is 1. The monoisotopic (exact) mass is 258 g/mol. The van der Waals surface area contributed by atoms with Crippen molar-refractivity contribution in [2.24, 2.45) is 0 Å². The van der Waals surface area contributed by atoms with Crippen molar-refractivity contribution in [2.75, 3.05) is 12.0 Å². The Kier molecular flexibility index (Phi) is 3.45. The van der Waals surface area contributed by atoms with Crippen LogP contribution in [0.25, 0.3) is 0 Å². The molecular formula is C12H13F3N2O. The highest BCUT2D eigenvalue weighted by Gasteiger charge is 2.30. The number of nitrogens with one attached hydrogen (secondary N) is 1. The van der Waals surface area contributed by atoms with Gasteiger partial charge in [0.2, 0.25) is 5.91 Å². The van der Waals surface area contributed by atoms with Crippen LogP contribution in [-0.2, 0) is 11.0 Å². The molecule has 1 fully saturated rings. The molecule has 1 aliphatic rings. The van der Waals surface area contributed by atoms with E-state index >= 15 is 0 Å². The number of carbonyl (C=O) groups is 1. The van der Waals surface area contributed by atoms with Gasteiger partial charge in [0.05, 0.1) is 11.3 Å². The van der Waals surface area contributed by atoms with Crippen LogP contribution < -0.4 is 5.43 Å². The lowest BCUT2D eigenvalue weighted by Crippen LogP contribution is -2.39. The van der Waals surface area contributed by atoms with E-state index in [1.54, 1.807) is 0 Å². The molecule has 0 radical (unpaired) electrons. The van der Waals surface area contributed by atoms with Gasteiger partial charge in [0.25, 0.3) is 0 Å². The van der Waals surface area contributed by atoms with Crippen molar-refractivity contribution in [1.29, 1.82) is 0 Å². The smallest absolute Gasteiger partial charge is 0.296 e. The first-order valence-electron chi connectivity index (χ1n) is 5.71. The highest BCUT2D eigenvalue weighted by Crippen LogP contribution is 2.30. The minimum Gasteiger partial charge on any atom is -0.296 e. The Hall–Kier alpha value is -1.72. The molecule has 0 aliphatic carbocycles. The Morgan fingerprint density at radius 3 is 2.67 bits per heavy atom. The van der Waals surface area contributed by atoms with Crippen LogP contribution in [0.1, 0.15) is 24.8 Å². The summed E-state index contributed by atoms with van der Waals surface area (Å²) in [6.07, 6.45) is -2.24. The third-order valence-corrected chi connectivity index (χ3v) is 2.78. The van der Waals surface area contributed by atoms with E-state index in [-0.39, 0.29) is 11.6 Å². The van der Waals surface area contributed by atoms with Gasteiger partial charge in [-0.25, -0.2) is 0 Å². The van der Waals surface area contributed by atoms with Crippen molar-refractivity contribution in [1.82, 2.24) is 5.01 Å². The molecule has 1 aromatic carbocycles. The van der Waals surface area contributed by atoms with Gasteiger partial charge in [-0.1, -0.05) is 6.07 Å². The maximum absolute atomic E-state index is 12.5. The summed E-state index contributed by atoms with van der Waals surface area (Å²) < 4.78 is 37.5. The van der Waals surface area contributed by atoms with Crippen LogP contribution in [0, 0.1) is 0 Å². The van der Waals surface area contributed by atoms with Crippen LogP contribution in [0.2, 0.25) is 0 Å². The zero-order valence-corrected chi connectivity index (χ0v) is 9.63. The van der Waals surface area contributed by atoms with Crippen molar-refractivity contribution in [3.8, 4) is 0 Å². The van der Waals surface area contributed by atoms with E-state index < -0.39 is 11.7 Å². The van der Waals surface area contributed by atoms with Crippen LogP contribution >= 0.6 is 0 Å². The van der Waals surface area contributed by atoms with Crippen molar-refractivity contribution in [3.63, 3.8) is 0 Å². The first-order chi connectivity index (χ1) is 8.47. The van der Waals surface area contributed by atoms with Gasteiger partial charge in [-0.15, -0.1) is 0 Å². The fourth-order valence-corrected chi connectivity index (χ4v) is 1.84. The quantitative estimate of drug-likeness (QED) is 0.884. The minimum absolute atomic E-state index is 0.0846. The number of carbonyl (C=O) groups excluding carboxylic acids is 1. The molecule has 18 heavy (non-hydrogen) atoms. The van der Waals surface area contributed by atoms with Gasteiger partial charge in [0.1, 0.15) is 0 Å². The Morgan fingerprint density at radius 2 is 2.00 bits per heavy atom. The van der Waals surface area contributed by atoms with Gasteiger partial charge in [0.15, 0.2) is 0 Å². The summed E-state index contributed by atoms with van der Waals surface area (Å²) in [6, 6.07) is 4.84. The normalized spacial score (nSPS) is 16.8. The Balaban J connectivity index is 2.12. The number of anilines is 1. The Labute approximate surface area is 103 Å². The van der Waals surface area contributed by atoms with E-state index in [1.807, 2.05) is 0 Å². The molecule has 1 aliphatic heterocycles. The summed E-state index contributed by atoms with van der Waals surface area (Å²) in [5.74, 6) is -0.0846. The molecule has 0 bridgehead atoms. The Bertz CT molecular complexity index is 445. The molecule has 1 N–H and O–H groups in total. The molecule has 2 rings (SSSR count). The maximum atomic E-state index is 12.5. The number of nitrogens with zero attached hydrogens (tertiary/aromatic N) is 1. The van der Waals surface area contributed by atoms with Crippen LogP contribution in [0.4, 0.5) is 18.9 Å². The van der Waals surface area contributed by atoms with Crippen molar-refractivity contribution >= 4 is 11.6 Å². The highest BCUT2D eigenvalue weighted by atomic mass is 19.4. The molecular weight excluding hydrogens is 245 g/mol. The number of piperidine rings is 1. The number of halogens is 3. The molecule has 3 nitrogen and oxygen atoms in total. The lowest BCUT2D eigenvalue weighted by atomic mass is 10.1. The van der Waals surface area contributed by atoms with E-state index in [0.29, 0.717) is 13.0 Å². The summed E-state index contributed by atoms with van der Waals surface area (Å²) >= 11 is 0. The van der Waals surface area contributed by atoms with Crippen molar-refractivity contribution < 1.29 is 18.0 Å². The second kappa shape index (κ2) is 4.88. The molecule has 1 aromatic rings. The molecule has 6 heteroatoms. The highest BCUT2D eigenvalue weighted by molar-refractivity contribution is 5.78. The van der Waals surface area contributed by atoms with Crippen molar-refractivity contribution in [3.05, 3.63) is 29.8 Å². The maximum Gasteiger partial charge on any atom is 0.416 e. The summed E-state index contributed by atoms with van der Waals surface area (Å²) in [5.41, 5.74) is 2.28. The first kappa shape index (κ1) is 12.7. The van der Waals surface area contributed by atoms with Crippen molar-refractivity contribution in [2.45, 2.75) is 25.4 Å². The number of amides is 1. The minimum atomic E-state index is -4.37. The fraction of sp³-hybridized carbons (Fsp3) is 0.417. The molecule has 0 unspecified atom stereocenters. The van der Waals surface area contributed by atoms with Gasteiger partial charge < -0.3 is 0 Å². The fourth-order valence-electron chi connectivity index (χ4n) is 1.84. The molecule has 1 heterocycles. The second-order valence-corrected chi connectivity index (χ2v) is 4.19. The van der Waals surface area contributed by atoms with Gasteiger partial charge in [0, 0.05) is 13.0 Å². The lowest BCUT2D eigenvalue weighted by Gasteiger charge is -2.28. The summed E-state index contributed by atoms with van der Waals surface area (Å²) in [4.78, 5) is 11.5. The first-order valence-corrected chi connectivity index (χ1v) is 5.71. The molecule has 1 saturated heterocycles. The summed E-state index contributed by atoms with van der Waals surface area (Å²) in [6.45, 7) is 0.523. The number of hydrogen-bond donors (Lipinski definition) is 1.